The summed E-state index contributed by atoms with van der Waals surface area (Å²) in [5.41, 5.74) is 14.8. The molecular weight excluding hydrogens is 697 g/mol. The van der Waals surface area contributed by atoms with Gasteiger partial charge in [-0.15, -0.1) is 0 Å². The van der Waals surface area contributed by atoms with E-state index in [4.69, 9.17) is 0 Å². The van der Waals surface area contributed by atoms with Crippen molar-refractivity contribution >= 4 is 43.1 Å². The molecule has 0 saturated heterocycles. The van der Waals surface area contributed by atoms with E-state index in [1.807, 2.05) is 0 Å². The lowest BCUT2D eigenvalue weighted by molar-refractivity contribution is 1.59. The molecule has 58 heavy (non-hydrogen) atoms. The Kier molecular flexibility index (Phi) is 8.26. The molecule has 0 atom stereocenters. The average molecular weight is 735 g/mol. The maximum absolute atomic E-state index is 2.41. The lowest BCUT2D eigenvalue weighted by Crippen LogP contribution is -1.93. The first-order chi connectivity index (χ1) is 28.8. The first-order valence-corrected chi connectivity index (χ1v) is 20.1. The zero-order valence-corrected chi connectivity index (χ0v) is 31.9. The molecule has 0 bridgehead atoms. The van der Waals surface area contributed by atoms with Crippen LogP contribution in [0.15, 0.2) is 231 Å². The second-order valence-corrected chi connectivity index (χ2v) is 15.2. The number of benzene rings is 11. The SMILES string of the molecule is c1ccc(-c2cc3ccccc3cc2-c2cccc(-c3c4ccccc4c(-c4cccc(-c5c(-c6ccccc6)ccc6ccccc56)c4)c4ccccc34)c2)cc1. The summed E-state index contributed by atoms with van der Waals surface area (Å²) in [6.07, 6.45) is 0. The van der Waals surface area contributed by atoms with E-state index in [0.717, 1.165) is 0 Å². The van der Waals surface area contributed by atoms with Crippen LogP contribution >= 0.6 is 0 Å². The van der Waals surface area contributed by atoms with E-state index in [1.165, 1.54) is 110 Å². The minimum absolute atomic E-state index is 1.20. The molecule has 11 aromatic carbocycles. The molecule has 0 spiro atoms. The molecule has 0 N–H and O–H groups in total. The molecule has 0 aromatic heterocycles. The summed E-state index contributed by atoms with van der Waals surface area (Å²) in [5.74, 6) is 0. The Morgan fingerprint density at radius 1 is 0.172 bits per heavy atom. The van der Waals surface area contributed by atoms with Crippen molar-refractivity contribution in [3.05, 3.63) is 231 Å². The van der Waals surface area contributed by atoms with Crippen molar-refractivity contribution in [2.75, 3.05) is 0 Å². The monoisotopic (exact) mass is 734 g/mol. The van der Waals surface area contributed by atoms with Crippen molar-refractivity contribution in [2.45, 2.75) is 0 Å². The van der Waals surface area contributed by atoms with Gasteiger partial charge in [-0.3, -0.25) is 0 Å². The van der Waals surface area contributed by atoms with Crippen LogP contribution in [0.1, 0.15) is 0 Å². The van der Waals surface area contributed by atoms with Crippen LogP contribution in [0, 0.1) is 0 Å². The normalized spacial score (nSPS) is 11.4. The fraction of sp³-hybridized carbons (Fsp3) is 0. The molecule has 0 aliphatic heterocycles. The molecule has 0 radical (unpaired) electrons. The van der Waals surface area contributed by atoms with E-state index >= 15 is 0 Å². The number of rotatable bonds is 6. The topological polar surface area (TPSA) is 0 Å². The fourth-order valence-electron chi connectivity index (χ4n) is 9.20. The highest BCUT2D eigenvalue weighted by molar-refractivity contribution is 6.22. The highest BCUT2D eigenvalue weighted by atomic mass is 14.2. The van der Waals surface area contributed by atoms with Gasteiger partial charge in [0.1, 0.15) is 0 Å². The summed E-state index contributed by atoms with van der Waals surface area (Å²) in [6.45, 7) is 0. The molecule has 0 saturated carbocycles. The van der Waals surface area contributed by atoms with Gasteiger partial charge >= 0.3 is 0 Å². The molecule has 11 rings (SSSR count). The Morgan fingerprint density at radius 2 is 0.534 bits per heavy atom. The van der Waals surface area contributed by atoms with Crippen LogP contribution in [0.25, 0.3) is 110 Å². The third kappa shape index (κ3) is 5.78. The Labute approximate surface area is 339 Å². The molecule has 0 aliphatic carbocycles. The summed E-state index contributed by atoms with van der Waals surface area (Å²) in [5, 5.41) is 9.97. The summed E-state index contributed by atoms with van der Waals surface area (Å²) >= 11 is 0. The predicted octanol–water partition coefficient (Wildman–Crippen LogP) is 16.3. The molecule has 0 heteroatoms. The quantitative estimate of drug-likeness (QED) is 0.149. The summed E-state index contributed by atoms with van der Waals surface area (Å²) in [6, 6.07) is 84.6. The van der Waals surface area contributed by atoms with Crippen LogP contribution in [0.4, 0.5) is 0 Å². The van der Waals surface area contributed by atoms with Gasteiger partial charge in [-0.25, -0.2) is 0 Å². The second-order valence-electron chi connectivity index (χ2n) is 15.2. The molecule has 0 heterocycles. The predicted molar refractivity (Wildman–Crippen MR) is 249 cm³/mol. The second kappa shape index (κ2) is 14.2. The largest absolute Gasteiger partial charge is 0.0622 e. The van der Waals surface area contributed by atoms with Crippen LogP contribution in [-0.4, -0.2) is 0 Å². The van der Waals surface area contributed by atoms with Gasteiger partial charge in [0.2, 0.25) is 0 Å². The standard InChI is InChI=1S/C58H38/c1-3-17-39(18-4-1)49-34-33-41-21-9-10-28-48(41)56(49)46-26-16-27-47(36-46)58-52-31-13-11-29-50(52)57(51-30-12-14-32-53(51)58)45-25-15-24-44(35-45)55-38-43-23-8-7-22-42(43)37-54(55)40-19-5-2-6-20-40/h1-38H. The zero-order chi connectivity index (χ0) is 38.4. The lowest BCUT2D eigenvalue weighted by atomic mass is 9.84. The van der Waals surface area contributed by atoms with Crippen molar-refractivity contribution in [1.29, 1.82) is 0 Å². The first-order valence-electron chi connectivity index (χ1n) is 20.1. The third-order valence-corrected chi connectivity index (χ3v) is 11.8. The number of hydrogen-bond acceptors (Lipinski definition) is 0. The molecule has 0 nitrogen and oxygen atoms in total. The van der Waals surface area contributed by atoms with Crippen LogP contribution in [-0.2, 0) is 0 Å². The molecule has 11 aromatic rings. The van der Waals surface area contributed by atoms with E-state index in [9.17, 15) is 0 Å². The smallest absolute Gasteiger partial charge is 0.00262 e. The van der Waals surface area contributed by atoms with E-state index in [1.54, 1.807) is 0 Å². The van der Waals surface area contributed by atoms with Gasteiger partial charge in [0, 0.05) is 0 Å². The molecular formula is C58H38. The van der Waals surface area contributed by atoms with E-state index in [-0.39, 0.29) is 0 Å². The highest BCUT2D eigenvalue weighted by Crippen LogP contribution is 2.47. The van der Waals surface area contributed by atoms with Gasteiger partial charge in [-0.2, -0.15) is 0 Å². The molecule has 0 unspecified atom stereocenters. The zero-order valence-electron chi connectivity index (χ0n) is 31.9. The Balaban J connectivity index is 1.13. The minimum atomic E-state index is 1.20. The number of hydrogen-bond donors (Lipinski definition) is 0. The van der Waals surface area contributed by atoms with E-state index in [2.05, 4.69) is 231 Å². The maximum atomic E-state index is 2.41. The lowest BCUT2D eigenvalue weighted by Gasteiger charge is -2.20. The van der Waals surface area contributed by atoms with Crippen LogP contribution in [0.3, 0.4) is 0 Å². The van der Waals surface area contributed by atoms with Crippen LogP contribution < -0.4 is 0 Å². The van der Waals surface area contributed by atoms with Crippen molar-refractivity contribution in [3.8, 4) is 66.8 Å². The van der Waals surface area contributed by atoms with Crippen molar-refractivity contribution in [3.63, 3.8) is 0 Å². The van der Waals surface area contributed by atoms with Crippen molar-refractivity contribution < 1.29 is 0 Å². The van der Waals surface area contributed by atoms with Gasteiger partial charge in [-0.05, 0) is 134 Å². The van der Waals surface area contributed by atoms with Crippen LogP contribution in [0.5, 0.6) is 0 Å². The minimum Gasteiger partial charge on any atom is -0.0622 e. The Morgan fingerprint density at radius 3 is 1.07 bits per heavy atom. The molecule has 0 aliphatic rings. The van der Waals surface area contributed by atoms with Gasteiger partial charge in [0.05, 0.1) is 0 Å². The summed E-state index contributed by atoms with van der Waals surface area (Å²) in [7, 11) is 0. The van der Waals surface area contributed by atoms with Crippen molar-refractivity contribution in [1.82, 2.24) is 0 Å². The van der Waals surface area contributed by atoms with Gasteiger partial charge < -0.3 is 0 Å². The van der Waals surface area contributed by atoms with Crippen molar-refractivity contribution in [2.24, 2.45) is 0 Å². The highest BCUT2D eigenvalue weighted by Gasteiger charge is 2.19. The van der Waals surface area contributed by atoms with Crippen LogP contribution in [0.2, 0.25) is 0 Å². The van der Waals surface area contributed by atoms with Gasteiger partial charge in [0.15, 0.2) is 0 Å². The summed E-state index contributed by atoms with van der Waals surface area (Å²) in [4.78, 5) is 0. The van der Waals surface area contributed by atoms with Gasteiger partial charge in [-0.1, -0.05) is 206 Å². The fourth-order valence-corrected chi connectivity index (χ4v) is 9.20. The maximum Gasteiger partial charge on any atom is -0.00262 e. The average Bonchev–Trinajstić information content (AvgIpc) is 3.30. The van der Waals surface area contributed by atoms with E-state index in [0.29, 0.717) is 0 Å². The third-order valence-electron chi connectivity index (χ3n) is 11.8. The van der Waals surface area contributed by atoms with Gasteiger partial charge in [0.25, 0.3) is 0 Å². The first kappa shape index (κ1) is 33.8. The number of fused-ring (bicyclic) bond motifs is 4. The Bertz CT molecular complexity index is 3260. The Hall–Kier alpha value is -7.54. The molecule has 0 amide bonds. The van der Waals surface area contributed by atoms with E-state index < -0.39 is 0 Å². The molecule has 270 valence electrons. The summed E-state index contributed by atoms with van der Waals surface area (Å²) < 4.78 is 0. The molecule has 0 fully saturated rings.